The van der Waals surface area contributed by atoms with Gasteiger partial charge in [-0.05, 0) is 55.3 Å². The molecular formula is C24H22FN3O2S. The van der Waals surface area contributed by atoms with Crippen molar-refractivity contribution >= 4 is 28.9 Å². The predicted octanol–water partition coefficient (Wildman–Crippen LogP) is 3.03. The van der Waals surface area contributed by atoms with Crippen LogP contribution in [-0.4, -0.2) is 24.4 Å². The summed E-state index contributed by atoms with van der Waals surface area (Å²) in [6.45, 7) is 3.30. The molecule has 0 fully saturated rings. The van der Waals surface area contributed by atoms with Crippen molar-refractivity contribution in [2.24, 2.45) is 4.99 Å². The molecular weight excluding hydrogens is 413 g/mol. The first-order valence-corrected chi connectivity index (χ1v) is 10.6. The molecule has 7 heteroatoms. The Morgan fingerprint density at radius 2 is 1.77 bits per heavy atom. The van der Waals surface area contributed by atoms with E-state index in [0.29, 0.717) is 20.6 Å². The van der Waals surface area contributed by atoms with E-state index >= 15 is 0 Å². The first-order valence-electron chi connectivity index (χ1n) is 9.82. The largest absolute Gasteiger partial charge is 0.378 e. The van der Waals surface area contributed by atoms with Crippen LogP contribution >= 0.6 is 11.3 Å². The second-order valence-corrected chi connectivity index (χ2v) is 8.68. The third kappa shape index (κ3) is 3.88. The molecule has 0 saturated heterocycles. The Hall–Kier alpha value is -3.32. The van der Waals surface area contributed by atoms with Gasteiger partial charge in [0.2, 0.25) is 0 Å². The first kappa shape index (κ1) is 20.9. The van der Waals surface area contributed by atoms with E-state index in [2.05, 4.69) is 4.99 Å². The summed E-state index contributed by atoms with van der Waals surface area (Å²) in [5.41, 5.74) is 3.50. The van der Waals surface area contributed by atoms with Gasteiger partial charge in [0.25, 0.3) is 5.56 Å². The zero-order valence-corrected chi connectivity index (χ0v) is 18.5. The van der Waals surface area contributed by atoms with Gasteiger partial charge in [-0.1, -0.05) is 35.6 Å². The van der Waals surface area contributed by atoms with Gasteiger partial charge in [0.15, 0.2) is 10.6 Å². The number of anilines is 1. The van der Waals surface area contributed by atoms with E-state index in [4.69, 9.17) is 0 Å². The zero-order valence-electron chi connectivity index (χ0n) is 17.7. The standard InChI is InChI=1S/C24H22FN3O2S/c1-14-21(15(2)29)22(17-7-11-19(12-8-17)27(3)4)28-23(30)20(31-24(28)26-14)13-16-5-9-18(25)10-6-16/h5-13,22H,1-4H3/b20-13+/t22-/m0/s1. The molecule has 158 valence electrons. The summed E-state index contributed by atoms with van der Waals surface area (Å²) in [7, 11) is 3.91. The number of carbonyl (C=O) groups is 1. The molecule has 31 heavy (non-hydrogen) atoms. The number of allylic oxidation sites excluding steroid dienone is 2. The maximum atomic E-state index is 13.4. The fourth-order valence-electron chi connectivity index (χ4n) is 3.75. The Bertz CT molecular complexity index is 1360. The summed E-state index contributed by atoms with van der Waals surface area (Å²) in [5.74, 6) is -0.447. The molecule has 0 amide bonds. The highest BCUT2D eigenvalue weighted by Crippen LogP contribution is 2.31. The maximum absolute atomic E-state index is 13.4. The van der Waals surface area contributed by atoms with E-state index < -0.39 is 6.04 Å². The lowest BCUT2D eigenvalue weighted by atomic mass is 9.93. The minimum atomic E-state index is -0.541. The minimum absolute atomic E-state index is 0.115. The van der Waals surface area contributed by atoms with Crippen LogP contribution in [0.25, 0.3) is 6.08 Å². The Balaban J connectivity index is 1.93. The summed E-state index contributed by atoms with van der Waals surface area (Å²) in [4.78, 5) is 33.0. The van der Waals surface area contributed by atoms with Gasteiger partial charge in [0.05, 0.1) is 10.6 Å². The molecule has 0 spiro atoms. The zero-order chi connectivity index (χ0) is 22.3. The number of Topliss-reactive ketones (excluding diaryl/α,β-unsaturated/α-hetero) is 1. The molecule has 2 aromatic carbocycles. The maximum Gasteiger partial charge on any atom is 0.271 e. The molecule has 0 bridgehead atoms. The number of ketones is 1. The Morgan fingerprint density at radius 3 is 2.35 bits per heavy atom. The number of nitrogens with zero attached hydrogens (tertiary/aromatic N) is 3. The Labute approximate surface area is 183 Å². The van der Waals surface area contributed by atoms with Crippen molar-refractivity contribution in [2.75, 3.05) is 19.0 Å². The van der Waals surface area contributed by atoms with Gasteiger partial charge in [-0.3, -0.25) is 14.2 Å². The molecule has 0 saturated carbocycles. The number of carbonyl (C=O) groups excluding carboxylic acids is 1. The van der Waals surface area contributed by atoms with Gasteiger partial charge >= 0.3 is 0 Å². The average molecular weight is 436 g/mol. The molecule has 1 aliphatic heterocycles. The second-order valence-electron chi connectivity index (χ2n) is 7.68. The molecule has 5 nitrogen and oxygen atoms in total. The molecule has 0 radical (unpaired) electrons. The summed E-state index contributed by atoms with van der Waals surface area (Å²) < 4.78 is 15.3. The predicted molar refractivity (Wildman–Crippen MR) is 122 cm³/mol. The van der Waals surface area contributed by atoms with E-state index in [-0.39, 0.29) is 17.2 Å². The van der Waals surface area contributed by atoms with Crippen LogP contribution in [0.15, 0.2) is 69.6 Å². The SMILES string of the molecule is CC(=O)C1=C(C)N=c2s/c(=C/c3ccc(F)cc3)c(=O)n2[C@H]1c1ccc(N(C)C)cc1. The smallest absolute Gasteiger partial charge is 0.271 e. The van der Waals surface area contributed by atoms with Crippen LogP contribution in [0.4, 0.5) is 10.1 Å². The lowest BCUT2D eigenvalue weighted by Crippen LogP contribution is -2.39. The Kier molecular flexibility index (Phi) is 5.45. The number of hydrogen-bond donors (Lipinski definition) is 0. The number of hydrogen-bond acceptors (Lipinski definition) is 5. The van der Waals surface area contributed by atoms with Crippen molar-refractivity contribution in [2.45, 2.75) is 19.9 Å². The number of thiazole rings is 1. The van der Waals surface area contributed by atoms with Gasteiger partial charge in [0, 0.05) is 31.1 Å². The van der Waals surface area contributed by atoms with Crippen LogP contribution in [0.3, 0.4) is 0 Å². The molecule has 3 aromatic rings. The number of benzene rings is 2. The summed E-state index contributed by atoms with van der Waals surface area (Å²) in [5, 5.41) is 0. The van der Waals surface area contributed by atoms with E-state index in [1.807, 2.05) is 43.3 Å². The highest BCUT2D eigenvalue weighted by Gasteiger charge is 2.30. The third-order valence-corrected chi connectivity index (χ3v) is 6.28. The van der Waals surface area contributed by atoms with Crippen molar-refractivity contribution in [3.05, 3.63) is 96.4 Å². The van der Waals surface area contributed by atoms with Crippen molar-refractivity contribution < 1.29 is 9.18 Å². The normalized spacial score (nSPS) is 16.2. The fraction of sp³-hybridized carbons (Fsp3) is 0.208. The van der Waals surface area contributed by atoms with Crippen LogP contribution in [0, 0.1) is 5.82 Å². The van der Waals surface area contributed by atoms with Crippen LogP contribution < -0.4 is 19.8 Å². The Morgan fingerprint density at radius 1 is 1.13 bits per heavy atom. The van der Waals surface area contributed by atoms with Gasteiger partial charge in [-0.15, -0.1) is 0 Å². The lowest BCUT2D eigenvalue weighted by Gasteiger charge is -2.25. The van der Waals surface area contributed by atoms with E-state index in [0.717, 1.165) is 16.8 Å². The van der Waals surface area contributed by atoms with Crippen molar-refractivity contribution in [3.63, 3.8) is 0 Å². The van der Waals surface area contributed by atoms with E-state index in [1.54, 1.807) is 29.7 Å². The molecule has 1 atom stereocenters. The molecule has 1 aromatic heterocycles. The van der Waals surface area contributed by atoms with E-state index in [1.165, 1.54) is 30.4 Å². The highest BCUT2D eigenvalue weighted by molar-refractivity contribution is 7.07. The lowest BCUT2D eigenvalue weighted by molar-refractivity contribution is -0.114. The number of aromatic nitrogens is 1. The molecule has 0 unspecified atom stereocenters. The van der Waals surface area contributed by atoms with Gasteiger partial charge in [-0.25, -0.2) is 9.38 Å². The van der Waals surface area contributed by atoms with Crippen LogP contribution in [0.1, 0.15) is 31.0 Å². The van der Waals surface area contributed by atoms with Crippen LogP contribution in [-0.2, 0) is 4.79 Å². The highest BCUT2D eigenvalue weighted by atomic mass is 32.1. The molecule has 1 aliphatic rings. The van der Waals surface area contributed by atoms with E-state index in [9.17, 15) is 14.0 Å². The molecule has 0 N–H and O–H groups in total. The number of halogens is 1. The van der Waals surface area contributed by atoms with Gasteiger partial charge < -0.3 is 4.90 Å². The van der Waals surface area contributed by atoms with Crippen molar-refractivity contribution in [3.8, 4) is 0 Å². The second kappa shape index (κ2) is 8.07. The van der Waals surface area contributed by atoms with Crippen LogP contribution in [0.5, 0.6) is 0 Å². The fourth-order valence-corrected chi connectivity index (χ4v) is 4.80. The molecule has 2 heterocycles. The third-order valence-electron chi connectivity index (χ3n) is 5.29. The monoisotopic (exact) mass is 435 g/mol. The van der Waals surface area contributed by atoms with Crippen molar-refractivity contribution in [1.29, 1.82) is 0 Å². The summed E-state index contributed by atoms with van der Waals surface area (Å²) >= 11 is 1.27. The van der Waals surface area contributed by atoms with Gasteiger partial charge in [0.1, 0.15) is 5.82 Å². The molecule has 0 aliphatic carbocycles. The minimum Gasteiger partial charge on any atom is -0.378 e. The topological polar surface area (TPSA) is 54.7 Å². The van der Waals surface area contributed by atoms with Crippen LogP contribution in [0.2, 0.25) is 0 Å². The quantitative estimate of drug-likeness (QED) is 0.633. The molecule has 4 rings (SSSR count). The number of fused-ring (bicyclic) bond motifs is 1. The van der Waals surface area contributed by atoms with Gasteiger partial charge in [-0.2, -0.15) is 0 Å². The first-order chi connectivity index (χ1) is 14.8. The average Bonchev–Trinajstić information content (AvgIpc) is 3.03. The summed E-state index contributed by atoms with van der Waals surface area (Å²) in [6, 6.07) is 13.2. The van der Waals surface area contributed by atoms with Crippen molar-refractivity contribution in [1.82, 2.24) is 4.57 Å². The summed E-state index contributed by atoms with van der Waals surface area (Å²) in [6.07, 6.45) is 1.72. The number of rotatable bonds is 4.